The lowest BCUT2D eigenvalue weighted by molar-refractivity contribution is 0.182. The van der Waals surface area contributed by atoms with Crippen LogP contribution in [0.1, 0.15) is 11.1 Å². The van der Waals surface area contributed by atoms with Gasteiger partial charge in [0.05, 0.1) is 19.7 Å². The molecule has 1 heterocycles. The molecule has 86 valence electrons. The second kappa shape index (κ2) is 4.81. The van der Waals surface area contributed by atoms with Gasteiger partial charge in [0.2, 0.25) is 0 Å². The zero-order chi connectivity index (χ0) is 12.3. The summed E-state index contributed by atoms with van der Waals surface area (Å²) in [7, 11) is 1.51. The number of ether oxygens (including phenoxy) is 1. The van der Waals surface area contributed by atoms with Gasteiger partial charge in [0.15, 0.2) is 5.88 Å². The average Bonchev–Trinajstić information content (AvgIpc) is 2.27. The lowest BCUT2D eigenvalue weighted by Gasteiger charge is -2.13. The highest BCUT2D eigenvalue weighted by Gasteiger charge is 2.15. The maximum atomic E-state index is 11.8. The van der Waals surface area contributed by atoms with E-state index in [0.29, 0.717) is 17.7 Å². The molecule has 0 unspecified atom stereocenters. The second-order valence-corrected chi connectivity index (χ2v) is 3.48. The third-order valence-corrected chi connectivity index (χ3v) is 2.59. The molecule has 5 nitrogen and oxygen atoms in total. The minimum Gasteiger partial charge on any atom is -0.494 e. The molecule has 5 heteroatoms. The standard InChI is InChI=1S/C11H14N2O3/c1-7-8(2)10(14)13(5-6-16-4)11(15)9(7)12-3/h14H,5-6H2,1-2,4H3. The Kier molecular flexibility index (Phi) is 3.69. The summed E-state index contributed by atoms with van der Waals surface area (Å²) in [6.07, 6.45) is 0. The Hall–Kier alpha value is -1.80. The molecule has 16 heavy (non-hydrogen) atoms. The van der Waals surface area contributed by atoms with Crippen molar-refractivity contribution in [2.24, 2.45) is 0 Å². The Morgan fingerprint density at radius 2 is 2.06 bits per heavy atom. The Bertz CT molecular complexity index is 497. The Morgan fingerprint density at radius 1 is 1.44 bits per heavy atom. The number of aromatic nitrogens is 1. The molecular formula is C11H14N2O3. The van der Waals surface area contributed by atoms with Crippen molar-refractivity contribution in [3.63, 3.8) is 0 Å². The molecule has 0 fully saturated rings. The highest BCUT2D eigenvalue weighted by atomic mass is 16.5. The van der Waals surface area contributed by atoms with Crippen LogP contribution < -0.4 is 5.56 Å². The van der Waals surface area contributed by atoms with E-state index in [1.165, 1.54) is 11.7 Å². The highest BCUT2D eigenvalue weighted by molar-refractivity contribution is 5.55. The van der Waals surface area contributed by atoms with E-state index in [1.54, 1.807) is 13.8 Å². The van der Waals surface area contributed by atoms with Crippen molar-refractivity contribution in [3.8, 4) is 5.88 Å². The van der Waals surface area contributed by atoms with Crippen LogP contribution in [0.15, 0.2) is 4.79 Å². The summed E-state index contributed by atoms with van der Waals surface area (Å²) in [5.41, 5.74) is 0.687. The molecule has 1 N–H and O–H groups in total. The van der Waals surface area contributed by atoms with Crippen LogP contribution in [-0.2, 0) is 11.3 Å². The normalized spacial score (nSPS) is 10.1. The lowest BCUT2D eigenvalue weighted by Crippen LogP contribution is -2.23. The molecule has 0 radical (unpaired) electrons. The van der Waals surface area contributed by atoms with E-state index >= 15 is 0 Å². The van der Waals surface area contributed by atoms with E-state index < -0.39 is 5.56 Å². The number of nitrogens with zero attached hydrogens (tertiary/aromatic N) is 2. The fourth-order valence-electron chi connectivity index (χ4n) is 1.45. The molecule has 0 aromatic carbocycles. The first-order valence-corrected chi connectivity index (χ1v) is 4.84. The average molecular weight is 222 g/mol. The van der Waals surface area contributed by atoms with Gasteiger partial charge in [0, 0.05) is 12.7 Å². The van der Waals surface area contributed by atoms with Gasteiger partial charge in [0.25, 0.3) is 11.2 Å². The summed E-state index contributed by atoms with van der Waals surface area (Å²) in [4.78, 5) is 15.0. The van der Waals surface area contributed by atoms with Gasteiger partial charge in [-0.05, 0) is 19.4 Å². The Balaban J connectivity index is 3.45. The fourth-order valence-corrected chi connectivity index (χ4v) is 1.45. The van der Waals surface area contributed by atoms with E-state index in [2.05, 4.69) is 4.85 Å². The monoisotopic (exact) mass is 222 g/mol. The zero-order valence-electron chi connectivity index (χ0n) is 9.57. The van der Waals surface area contributed by atoms with E-state index in [1.807, 2.05) is 0 Å². The van der Waals surface area contributed by atoms with Crippen LogP contribution >= 0.6 is 0 Å². The van der Waals surface area contributed by atoms with E-state index in [9.17, 15) is 9.90 Å². The highest BCUT2D eigenvalue weighted by Crippen LogP contribution is 2.24. The molecule has 0 saturated heterocycles. The molecule has 1 rings (SSSR count). The largest absolute Gasteiger partial charge is 0.494 e. The number of rotatable bonds is 3. The third-order valence-electron chi connectivity index (χ3n) is 2.59. The zero-order valence-corrected chi connectivity index (χ0v) is 9.57. The fraction of sp³-hybridized carbons (Fsp3) is 0.455. The molecule has 0 saturated carbocycles. The predicted octanol–water partition coefficient (Wildman–Crippen LogP) is 1.37. The van der Waals surface area contributed by atoms with E-state index in [-0.39, 0.29) is 18.1 Å². The summed E-state index contributed by atoms with van der Waals surface area (Å²) in [5.74, 6) is -0.0908. The van der Waals surface area contributed by atoms with Crippen molar-refractivity contribution in [1.82, 2.24) is 4.57 Å². The van der Waals surface area contributed by atoms with Gasteiger partial charge >= 0.3 is 0 Å². The molecule has 0 spiro atoms. The van der Waals surface area contributed by atoms with Crippen LogP contribution in [0.2, 0.25) is 0 Å². The smallest absolute Gasteiger partial charge is 0.259 e. The number of hydrogen-bond donors (Lipinski definition) is 1. The molecule has 0 aliphatic heterocycles. The van der Waals surface area contributed by atoms with Gasteiger partial charge in [-0.15, -0.1) is 0 Å². The Labute approximate surface area is 93.7 Å². The summed E-state index contributed by atoms with van der Waals surface area (Å²) in [6.45, 7) is 10.9. The van der Waals surface area contributed by atoms with Crippen LogP contribution in [0.3, 0.4) is 0 Å². The molecule has 0 bridgehead atoms. The van der Waals surface area contributed by atoms with Crippen LogP contribution in [0, 0.1) is 20.4 Å². The number of hydrogen-bond acceptors (Lipinski definition) is 3. The number of methoxy groups -OCH3 is 1. The van der Waals surface area contributed by atoms with Crippen molar-refractivity contribution in [1.29, 1.82) is 0 Å². The van der Waals surface area contributed by atoms with Crippen LogP contribution in [-0.4, -0.2) is 23.4 Å². The Morgan fingerprint density at radius 3 is 2.56 bits per heavy atom. The number of pyridine rings is 1. The van der Waals surface area contributed by atoms with Crippen molar-refractivity contribution in [2.45, 2.75) is 20.4 Å². The van der Waals surface area contributed by atoms with Gasteiger partial charge in [-0.1, -0.05) is 0 Å². The molecule has 0 amide bonds. The SMILES string of the molecule is [C-]#[N+]c1c(C)c(C)c(O)n(CCOC)c1=O. The van der Waals surface area contributed by atoms with Gasteiger partial charge in [-0.2, -0.15) is 0 Å². The van der Waals surface area contributed by atoms with Gasteiger partial charge in [-0.3, -0.25) is 9.36 Å². The van der Waals surface area contributed by atoms with Crippen LogP contribution in [0.5, 0.6) is 5.88 Å². The van der Waals surface area contributed by atoms with Crippen molar-refractivity contribution >= 4 is 5.69 Å². The van der Waals surface area contributed by atoms with Crippen molar-refractivity contribution in [2.75, 3.05) is 13.7 Å². The summed E-state index contributed by atoms with van der Waals surface area (Å²) >= 11 is 0. The first-order chi connectivity index (χ1) is 7.54. The maximum absolute atomic E-state index is 11.8. The molecule has 1 aromatic heterocycles. The molecule has 0 aliphatic carbocycles. The van der Waals surface area contributed by atoms with Crippen molar-refractivity contribution in [3.05, 3.63) is 32.9 Å². The minimum atomic E-state index is -0.465. The van der Waals surface area contributed by atoms with Gasteiger partial charge < -0.3 is 9.84 Å². The van der Waals surface area contributed by atoms with Crippen LogP contribution in [0.4, 0.5) is 5.69 Å². The van der Waals surface area contributed by atoms with Crippen LogP contribution in [0.25, 0.3) is 4.85 Å². The van der Waals surface area contributed by atoms with Gasteiger partial charge in [-0.25, -0.2) is 4.85 Å². The van der Waals surface area contributed by atoms with E-state index in [0.717, 1.165) is 0 Å². The first-order valence-electron chi connectivity index (χ1n) is 4.84. The molecule has 1 aromatic rings. The topological polar surface area (TPSA) is 55.8 Å². The first kappa shape index (κ1) is 12.3. The third kappa shape index (κ3) is 1.92. The molecule has 0 aliphatic rings. The lowest BCUT2D eigenvalue weighted by atomic mass is 10.1. The minimum absolute atomic E-state index is 0.0615. The van der Waals surface area contributed by atoms with E-state index in [4.69, 9.17) is 11.3 Å². The summed E-state index contributed by atoms with van der Waals surface area (Å²) in [5, 5.41) is 9.81. The quantitative estimate of drug-likeness (QED) is 0.786. The summed E-state index contributed by atoms with van der Waals surface area (Å²) in [6, 6.07) is 0. The predicted molar refractivity (Wildman–Crippen MR) is 60.0 cm³/mol. The molecule has 0 atom stereocenters. The number of aromatic hydroxyl groups is 1. The van der Waals surface area contributed by atoms with Gasteiger partial charge in [0.1, 0.15) is 0 Å². The second-order valence-electron chi connectivity index (χ2n) is 3.48. The van der Waals surface area contributed by atoms with Crippen molar-refractivity contribution < 1.29 is 9.84 Å². The maximum Gasteiger partial charge on any atom is 0.259 e. The molecular weight excluding hydrogens is 208 g/mol. The summed E-state index contributed by atoms with van der Waals surface area (Å²) < 4.78 is 6.02.